The second kappa shape index (κ2) is 6.42. The number of nitriles is 1. The first-order valence-electron chi connectivity index (χ1n) is 8.14. The van der Waals surface area contributed by atoms with Gasteiger partial charge in [0.2, 0.25) is 5.70 Å². The topological polar surface area (TPSA) is 28.1 Å². The van der Waals surface area contributed by atoms with Crippen LogP contribution in [0.2, 0.25) is 0 Å². The minimum absolute atomic E-state index is 0.453. The van der Waals surface area contributed by atoms with Gasteiger partial charge in [-0.05, 0) is 41.6 Å². The maximum atomic E-state index is 10.0. The first-order chi connectivity index (χ1) is 12.7. The van der Waals surface area contributed by atoms with E-state index < -0.39 is 0 Å². The maximum absolute atomic E-state index is 10.0. The van der Waals surface area contributed by atoms with Gasteiger partial charge in [-0.3, -0.25) is 0 Å². The first-order valence-corrected chi connectivity index (χ1v) is 9.78. The number of thiophene rings is 2. The fourth-order valence-corrected chi connectivity index (χ4v) is 5.54. The van der Waals surface area contributed by atoms with Crippen LogP contribution in [-0.4, -0.2) is 0 Å². The summed E-state index contributed by atoms with van der Waals surface area (Å²) in [4.78, 5) is 5.98. The van der Waals surface area contributed by atoms with Gasteiger partial charge in [0.1, 0.15) is 0 Å². The van der Waals surface area contributed by atoms with Crippen molar-refractivity contribution in [3.8, 4) is 6.07 Å². The van der Waals surface area contributed by atoms with Crippen molar-refractivity contribution < 1.29 is 0 Å². The van der Waals surface area contributed by atoms with Crippen molar-refractivity contribution in [2.45, 2.75) is 13.8 Å². The van der Waals surface area contributed by atoms with E-state index in [9.17, 15) is 5.26 Å². The van der Waals surface area contributed by atoms with E-state index in [4.69, 9.17) is 6.57 Å². The fraction of sp³-hybridized carbons (Fsp3) is 0.0909. The van der Waals surface area contributed by atoms with Crippen LogP contribution in [0.25, 0.3) is 36.3 Å². The summed E-state index contributed by atoms with van der Waals surface area (Å²) in [5.74, 6) is 0. The smallest absolute Gasteiger partial charge is 0.214 e. The summed E-state index contributed by atoms with van der Waals surface area (Å²) in [7, 11) is 0. The van der Waals surface area contributed by atoms with Gasteiger partial charge in [-0.25, -0.2) is 4.85 Å². The molecule has 2 aromatic carbocycles. The number of hydrogen-bond donors (Lipinski definition) is 0. The highest BCUT2D eigenvalue weighted by Crippen LogP contribution is 2.42. The van der Waals surface area contributed by atoms with Crippen LogP contribution in [0.3, 0.4) is 0 Å². The van der Waals surface area contributed by atoms with Crippen molar-refractivity contribution in [1.82, 2.24) is 0 Å². The molecule has 26 heavy (non-hydrogen) atoms. The lowest BCUT2D eigenvalue weighted by atomic mass is 9.97. The lowest BCUT2D eigenvalue weighted by Crippen LogP contribution is -1.90. The molecule has 4 aromatic rings. The van der Waals surface area contributed by atoms with Gasteiger partial charge < -0.3 is 0 Å². The molecule has 0 amide bonds. The molecule has 0 bridgehead atoms. The average Bonchev–Trinajstić information content (AvgIpc) is 3.15. The Morgan fingerprint density at radius 1 is 0.885 bits per heavy atom. The SMILES string of the molecule is [C-]#[N+]/C(=C(\C#N)c1c(C)sc2ccccc12)c1c(C)sc2ccccc12. The Kier molecular flexibility index (Phi) is 4.09. The van der Waals surface area contributed by atoms with E-state index in [2.05, 4.69) is 23.0 Å². The van der Waals surface area contributed by atoms with Crippen molar-refractivity contribution in [3.63, 3.8) is 0 Å². The molecule has 0 aliphatic rings. The Labute approximate surface area is 160 Å². The van der Waals surface area contributed by atoms with E-state index in [-0.39, 0.29) is 0 Å². The summed E-state index contributed by atoms with van der Waals surface area (Å²) in [6, 6.07) is 18.5. The van der Waals surface area contributed by atoms with Crippen LogP contribution in [0.15, 0.2) is 48.5 Å². The number of benzene rings is 2. The summed E-state index contributed by atoms with van der Waals surface area (Å²) >= 11 is 3.34. The monoisotopic (exact) mass is 370 g/mol. The lowest BCUT2D eigenvalue weighted by molar-refractivity contribution is 1.51. The van der Waals surface area contributed by atoms with Crippen molar-refractivity contribution in [3.05, 3.63) is 80.8 Å². The van der Waals surface area contributed by atoms with Gasteiger partial charge in [-0.1, -0.05) is 36.4 Å². The molecule has 4 heteroatoms. The van der Waals surface area contributed by atoms with Crippen LogP contribution >= 0.6 is 22.7 Å². The zero-order valence-electron chi connectivity index (χ0n) is 14.3. The zero-order valence-corrected chi connectivity index (χ0v) is 16.0. The quantitative estimate of drug-likeness (QED) is 0.274. The molecule has 0 radical (unpaired) electrons. The van der Waals surface area contributed by atoms with Crippen LogP contribution in [0.5, 0.6) is 0 Å². The van der Waals surface area contributed by atoms with Crippen LogP contribution in [0.1, 0.15) is 20.9 Å². The maximum Gasteiger partial charge on any atom is 0.214 e. The highest BCUT2D eigenvalue weighted by molar-refractivity contribution is 7.19. The van der Waals surface area contributed by atoms with Gasteiger partial charge in [0.15, 0.2) is 0 Å². The Balaban J connectivity index is 2.11. The molecule has 4 rings (SSSR count). The molecule has 0 spiro atoms. The predicted molar refractivity (Wildman–Crippen MR) is 112 cm³/mol. The van der Waals surface area contributed by atoms with Gasteiger partial charge in [0.05, 0.1) is 18.2 Å². The van der Waals surface area contributed by atoms with Crippen molar-refractivity contribution in [1.29, 1.82) is 5.26 Å². The standard InChI is InChI=1S/C22H14N2S2/c1-13-20(15-8-4-6-10-18(15)25-13)17(12-23)22(24-3)21-14(2)26-19-11-7-5-9-16(19)21/h4-11H,1-2H3/b22-17+. The Hall–Kier alpha value is -2.92. The lowest BCUT2D eigenvalue weighted by Gasteiger charge is -2.06. The molecule has 0 atom stereocenters. The van der Waals surface area contributed by atoms with Crippen molar-refractivity contribution in [2.24, 2.45) is 0 Å². The highest BCUT2D eigenvalue weighted by Gasteiger charge is 2.22. The number of nitrogens with zero attached hydrogens (tertiary/aromatic N) is 2. The van der Waals surface area contributed by atoms with E-state index >= 15 is 0 Å². The number of rotatable bonds is 2. The van der Waals surface area contributed by atoms with Gasteiger partial charge in [0, 0.05) is 25.4 Å². The van der Waals surface area contributed by atoms with E-state index in [1.807, 2.05) is 50.2 Å². The van der Waals surface area contributed by atoms with Crippen LogP contribution < -0.4 is 0 Å². The van der Waals surface area contributed by atoms with E-state index in [1.165, 1.54) is 0 Å². The van der Waals surface area contributed by atoms with Crippen molar-refractivity contribution >= 4 is 54.1 Å². The van der Waals surface area contributed by atoms with E-state index in [0.29, 0.717) is 11.3 Å². The molecule has 2 nitrogen and oxygen atoms in total. The van der Waals surface area contributed by atoms with E-state index in [1.54, 1.807) is 22.7 Å². The molecule has 0 aliphatic carbocycles. The van der Waals surface area contributed by atoms with Gasteiger partial charge in [0.25, 0.3) is 0 Å². The number of fused-ring (bicyclic) bond motifs is 2. The largest absolute Gasteiger partial charge is 0.236 e. The third-order valence-electron chi connectivity index (χ3n) is 4.49. The summed E-state index contributed by atoms with van der Waals surface area (Å²) < 4.78 is 2.29. The number of allylic oxidation sites excluding steroid dienone is 1. The predicted octanol–water partition coefficient (Wildman–Crippen LogP) is 7.04. The molecule has 124 valence electrons. The molecule has 0 unspecified atom stereocenters. The Bertz CT molecular complexity index is 1170. The summed E-state index contributed by atoms with van der Waals surface area (Å²) in [5, 5.41) is 12.1. The summed E-state index contributed by atoms with van der Waals surface area (Å²) in [6.07, 6.45) is 0. The molecule has 2 heterocycles. The number of hydrogen-bond acceptors (Lipinski definition) is 3. The average molecular weight is 371 g/mol. The van der Waals surface area contributed by atoms with Crippen molar-refractivity contribution in [2.75, 3.05) is 0 Å². The highest BCUT2D eigenvalue weighted by atomic mass is 32.1. The van der Waals surface area contributed by atoms with Crippen LogP contribution in [0.4, 0.5) is 0 Å². The van der Waals surface area contributed by atoms with Crippen LogP contribution in [-0.2, 0) is 0 Å². The molecule has 0 fully saturated rings. The van der Waals surface area contributed by atoms with Gasteiger partial charge in [-0.15, -0.1) is 22.7 Å². The fourth-order valence-electron chi connectivity index (χ4n) is 3.40. The first kappa shape index (κ1) is 16.5. The third-order valence-corrected chi connectivity index (χ3v) is 6.66. The number of aryl methyl sites for hydroxylation is 2. The van der Waals surface area contributed by atoms with Crippen LogP contribution in [0, 0.1) is 31.8 Å². The summed E-state index contributed by atoms with van der Waals surface area (Å²) in [6.45, 7) is 11.9. The molecule has 0 saturated carbocycles. The second-order valence-corrected chi connectivity index (χ2v) is 8.52. The molecule has 0 saturated heterocycles. The van der Waals surface area contributed by atoms with Gasteiger partial charge >= 0.3 is 0 Å². The molecule has 0 N–H and O–H groups in total. The second-order valence-electron chi connectivity index (χ2n) is 6.01. The Morgan fingerprint density at radius 3 is 1.92 bits per heavy atom. The minimum Gasteiger partial charge on any atom is -0.236 e. The third kappa shape index (κ3) is 2.44. The van der Waals surface area contributed by atoms with E-state index in [0.717, 1.165) is 41.1 Å². The summed E-state index contributed by atoms with van der Waals surface area (Å²) in [5.41, 5.74) is 2.72. The normalized spacial score (nSPS) is 12.0. The molecular formula is C22H14N2S2. The zero-order chi connectivity index (χ0) is 18.3. The Morgan fingerprint density at radius 2 is 1.38 bits per heavy atom. The minimum atomic E-state index is 0.453. The van der Waals surface area contributed by atoms with Gasteiger partial charge in [-0.2, -0.15) is 5.26 Å². The molecular weight excluding hydrogens is 356 g/mol. The molecule has 2 aromatic heterocycles. The molecule has 0 aliphatic heterocycles.